The molecule has 21 heavy (non-hydrogen) atoms. The first-order valence-electron chi connectivity index (χ1n) is 8.01. The van der Waals surface area contributed by atoms with E-state index in [4.69, 9.17) is 10.5 Å². The highest BCUT2D eigenvalue weighted by Crippen LogP contribution is 2.50. The number of nitrogens with two attached hydrogens (primary N) is 1. The summed E-state index contributed by atoms with van der Waals surface area (Å²) in [7, 11) is 0. The third-order valence-electron chi connectivity index (χ3n) is 5.51. The maximum atomic E-state index is 11.4. The van der Waals surface area contributed by atoms with Gasteiger partial charge < -0.3 is 15.8 Å². The predicted octanol–water partition coefficient (Wildman–Crippen LogP) is 2.84. The van der Waals surface area contributed by atoms with Gasteiger partial charge in [0.15, 0.2) is 6.61 Å². The van der Waals surface area contributed by atoms with E-state index in [9.17, 15) is 4.79 Å². The number of nitrogens with one attached hydrogen (secondary N) is 1. The Labute approximate surface area is 125 Å². The maximum absolute atomic E-state index is 11.4. The van der Waals surface area contributed by atoms with Gasteiger partial charge in [-0.05, 0) is 61.1 Å². The Morgan fingerprint density at radius 3 is 3.00 bits per heavy atom. The Bertz CT molecular complexity index is 572. The molecule has 0 saturated heterocycles. The zero-order valence-electron chi connectivity index (χ0n) is 12.2. The quantitative estimate of drug-likeness (QED) is 0.898. The average Bonchev–Trinajstić information content (AvgIpc) is 3.09. The number of hydrogen-bond donors (Lipinski definition) is 2. The molecule has 1 aliphatic heterocycles. The predicted molar refractivity (Wildman–Crippen MR) is 81.1 cm³/mol. The van der Waals surface area contributed by atoms with Crippen molar-refractivity contribution >= 4 is 11.6 Å². The normalized spacial score (nSPS) is 31.5. The van der Waals surface area contributed by atoms with Crippen molar-refractivity contribution in [3.63, 3.8) is 0 Å². The van der Waals surface area contributed by atoms with Crippen molar-refractivity contribution in [2.24, 2.45) is 23.5 Å². The fraction of sp³-hybridized carbons (Fsp3) is 0.588. The summed E-state index contributed by atoms with van der Waals surface area (Å²) in [4.78, 5) is 11.4. The molecular formula is C17H22N2O2. The number of fused-ring (bicyclic) bond motifs is 3. The zero-order valence-corrected chi connectivity index (χ0v) is 12.2. The summed E-state index contributed by atoms with van der Waals surface area (Å²) in [5, 5.41) is 2.86. The van der Waals surface area contributed by atoms with Crippen LogP contribution in [0.2, 0.25) is 0 Å². The lowest BCUT2D eigenvalue weighted by atomic mass is 9.83. The van der Waals surface area contributed by atoms with Gasteiger partial charge in [0.05, 0.1) is 5.69 Å². The van der Waals surface area contributed by atoms with Gasteiger partial charge in [0.1, 0.15) is 5.75 Å². The highest BCUT2D eigenvalue weighted by molar-refractivity contribution is 5.95. The largest absolute Gasteiger partial charge is 0.482 e. The van der Waals surface area contributed by atoms with Gasteiger partial charge in [-0.2, -0.15) is 0 Å². The van der Waals surface area contributed by atoms with E-state index in [0.29, 0.717) is 0 Å². The van der Waals surface area contributed by atoms with Crippen LogP contribution in [0.1, 0.15) is 43.7 Å². The second-order valence-electron chi connectivity index (χ2n) is 6.87. The van der Waals surface area contributed by atoms with Gasteiger partial charge in [0.25, 0.3) is 5.91 Å². The Kier molecular flexibility index (Phi) is 3.14. The van der Waals surface area contributed by atoms with Crippen LogP contribution < -0.4 is 15.8 Å². The van der Waals surface area contributed by atoms with Crippen LogP contribution in [0.25, 0.3) is 0 Å². The van der Waals surface area contributed by atoms with Crippen LogP contribution in [0.15, 0.2) is 18.2 Å². The van der Waals surface area contributed by atoms with Crippen molar-refractivity contribution in [3.8, 4) is 5.75 Å². The summed E-state index contributed by atoms with van der Waals surface area (Å²) >= 11 is 0. The minimum Gasteiger partial charge on any atom is -0.482 e. The number of carbonyl (C=O) groups excluding carboxylic acids is 1. The number of amides is 1. The summed E-state index contributed by atoms with van der Waals surface area (Å²) < 4.78 is 5.39. The smallest absolute Gasteiger partial charge is 0.262 e. The maximum Gasteiger partial charge on any atom is 0.262 e. The lowest BCUT2D eigenvalue weighted by molar-refractivity contribution is -0.118. The van der Waals surface area contributed by atoms with Crippen molar-refractivity contribution in [1.82, 2.24) is 0 Å². The number of anilines is 1. The van der Waals surface area contributed by atoms with Gasteiger partial charge in [-0.25, -0.2) is 0 Å². The van der Waals surface area contributed by atoms with Crippen molar-refractivity contribution < 1.29 is 9.53 Å². The van der Waals surface area contributed by atoms with Crippen LogP contribution in [0, 0.1) is 17.8 Å². The third kappa shape index (κ3) is 2.42. The molecule has 0 aromatic heterocycles. The van der Waals surface area contributed by atoms with Crippen molar-refractivity contribution in [2.75, 3.05) is 11.9 Å². The Balaban J connectivity index is 1.48. The van der Waals surface area contributed by atoms with Crippen molar-refractivity contribution in [1.29, 1.82) is 0 Å². The average molecular weight is 286 g/mol. The number of carbonyl (C=O) groups is 1. The molecule has 2 saturated carbocycles. The summed E-state index contributed by atoms with van der Waals surface area (Å²) in [5.74, 6) is 3.30. The molecule has 3 N–H and O–H groups in total. The Morgan fingerprint density at radius 1 is 1.33 bits per heavy atom. The SMILES string of the molecule is NC(CC1CC2CCC1C2)c1ccc2c(c1)NC(=O)CO2. The second kappa shape index (κ2) is 5.02. The monoisotopic (exact) mass is 286 g/mol. The van der Waals surface area contributed by atoms with E-state index >= 15 is 0 Å². The van der Waals surface area contributed by atoms with E-state index in [1.165, 1.54) is 25.7 Å². The molecule has 2 fully saturated rings. The molecule has 2 bridgehead atoms. The van der Waals surface area contributed by atoms with Crippen LogP contribution in [-0.2, 0) is 4.79 Å². The van der Waals surface area contributed by atoms with E-state index in [0.717, 1.165) is 41.2 Å². The molecule has 4 heteroatoms. The Hall–Kier alpha value is -1.55. The molecule has 1 amide bonds. The molecular weight excluding hydrogens is 264 g/mol. The summed E-state index contributed by atoms with van der Waals surface area (Å²) in [6.07, 6.45) is 6.68. The molecule has 2 aliphatic carbocycles. The summed E-state index contributed by atoms with van der Waals surface area (Å²) in [6.45, 7) is 0.101. The van der Waals surface area contributed by atoms with Crippen molar-refractivity contribution in [2.45, 2.75) is 38.1 Å². The molecule has 1 aromatic carbocycles. The van der Waals surface area contributed by atoms with Crippen LogP contribution in [-0.4, -0.2) is 12.5 Å². The van der Waals surface area contributed by atoms with E-state index < -0.39 is 0 Å². The molecule has 4 nitrogen and oxygen atoms in total. The van der Waals surface area contributed by atoms with Crippen LogP contribution in [0.4, 0.5) is 5.69 Å². The zero-order chi connectivity index (χ0) is 14.4. The summed E-state index contributed by atoms with van der Waals surface area (Å²) in [6, 6.07) is 5.99. The van der Waals surface area contributed by atoms with E-state index in [1.54, 1.807) is 0 Å². The fourth-order valence-electron chi connectivity index (χ4n) is 4.46. The fourth-order valence-corrected chi connectivity index (χ4v) is 4.46. The molecule has 4 unspecified atom stereocenters. The van der Waals surface area contributed by atoms with Gasteiger partial charge in [0.2, 0.25) is 0 Å². The minimum absolute atomic E-state index is 0.0541. The van der Waals surface area contributed by atoms with Gasteiger partial charge in [-0.1, -0.05) is 12.5 Å². The first kappa shape index (κ1) is 13.1. The summed E-state index contributed by atoms with van der Waals surface area (Å²) in [5.41, 5.74) is 8.28. The van der Waals surface area contributed by atoms with Crippen molar-refractivity contribution in [3.05, 3.63) is 23.8 Å². The van der Waals surface area contributed by atoms with Gasteiger partial charge in [-0.15, -0.1) is 0 Å². The van der Waals surface area contributed by atoms with Crippen LogP contribution in [0.3, 0.4) is 0 Å². The molecule has 4 rings (SSSR count). The number of hydrogen-bond acceptors (Lipinski definition) is 3. The number of benzene rings is 1. The first-order chi connectivity index (χ1) is 10.2. The van der Waals surface area contributed by atoms with Crippen LogP contribution in [0.5, 0.6) is 5.75 Å². The number of ether oxygens (including phenoxy) is 1. The first-order valence-corrected chi connectivity index (χ1v) is 8.01. The standard InChI is InChI=1S/C17H22N2O2/c18-14(7-13-6-10-1-2-11(13)5-10)12-3-4-16-15(8-12)19-17(20)9-21-16/h3-4,8,10-11,13-14H,1-2,5-7,9,18H2,(H,19,20). The highest BCUT2D eigenvalue weighted by Gasteiger charge is 2.39. The molecule has 0 spiro atoms. The van der Waals surface area contributed by atoms with Gasteiger partial charge in [-0.3, -0.25) is 4.79 Å². The van der Waals surface area contributed by atoms with Gasteiger partial charge in [0, 0.05) is 6.04 Å². The topological polar surface area (TPSA) is 64.3 Å². The molecule has 0 radical (unpaired) electrons. The molecule has 1 aromatic rings. The third-order valence-corrected chi connectivity index (χ3v) is 5.51. The van der Waals surface area contributed by atoms with E-state index in [1.807, 2.05) is 18.2 Å². The molecule has 112 valence electrons. The molecule has 3 aliphatic rings. The van der Waals surface area contributed by atoms with Gasteiger partial charge >= 0.3 is 0 Å². The number of rotatable bonds is 3. The molecule has 4 atom stereocenters. The molecule has 1 heterocycles. The lowest BCUT2D eigenvalue weighted by Gasteiger charge is -2.26. The highest BCUT2D eigenvalue weighted by atomic mass is 16.5. The minimum atomic E-state index is -0.0960. The van der Waals surface area contributed by atoms with Crippen LogP contribution >= 0.6 is 0 Å². The second-order valence-corrected chi connectivity index (χ2v) is 6.87. The van der Waals surface area contributed by atoms with E-state index in [2.05, 4.69) is 5.32 Å². The Morgan fingerprint density at radius 2 is 2.24 bits per heavy atom. The van der Waals surface area contributed by atoms with E-state index in [-0.39, 0.29) is 18.6 Å². The lowest BCUT2D eigenvalue weighted by Crippen LogP contribution is -2.26.